The van der Waals surface area contributed by atoms with Gasteiger partial charge in [0.2, 0.25) is 5.95 Å². The molecule has 2 aromatic rings. The summed E-state index contributed by atoms with van der Waals surface area (Å²) in [6.45, 7) is 0. The summed E-state index contributed by atoms with van der Waals surface area (Å²) >= 11 is 4.85. The number of H-pyrrole nitrogens is 1. The zero-order valence-electron chi connectivity index (χ0n) is 7.57. The quantitative estimate of drug-likeness (QED) is 0.701. The van der Waals surface area contributed by atoms with Crippen molar-refractivity contribution in [1.29, 1.82) is 0 Å². The van der Waals surface area contributed by atoms with Gasteiger partial charge in [-0.15, -0.1) is 0 Å². The molecule has 14 heavy (non-hydrogen) atoms. The predicted octanol–water partition coefficient (Wildman–Crippen LogP) is 1.91. The van der Waals surface area contributed by atoms with Crippen molar-refractivity contribution in [1.82, 2.24) is 9.97 Å². The lowest BCUT2D eigenvalue weighted by molar-refractivity contribution is 0.413. The number of para-hydroxylation sites is 2. The highest BCUT2D eigenvalue weighted by Gasteiger charge is 2.02. The predicted molar refractivity (Wildman–Crippen MR) is 59.3 cm³/mol. The summed E-state index contributed by atoms with van der Waals surface area (Å²) in [6, 6.07) is 7.75. The summed E-state index contributed by atoms with van der Waals surface area (Å²) in [5.41, 5.74) is 1.86. The second-order valence-electron chi connectivity index (χ2n) is 2.72. The number of aromatic amines is 1. The van der Waals surface area contributed by atoms with Crippen LogP contribution in [0.1, 0.15) is 0 Å². The molecule has 5 heteroatoms. The van der Waals surface area contributed by atoms with Gasteiger partial charge in [-0.05, 0) is 24.4 Å². The maximum absolute atomic E-state index is 4.85. The molecular formula is C9H9N3OS. The Balaban J connectivity index is 2.31. The standard InChI is InChI=1S/C9H9N3OS/c1-13-9(14)12-8-10-6-4-2-3-5-7(6)11-8/h2-5H,1H3,(H2,10,11,12,14). The Morgan fingerprint density at radius 2 is 2.29 bits per heavy atom. The molecule has 0 aliphatic heterocycles. The highest BCUT2D eigenvalue weighted by Crippen LogP contribution is 2.13. The molecule has 72 valence electrons. The van der Waals surface area contributed by atoms with E-state index < -0.39 is 0 Å². The molecule has 1 heterocycles. The first kappa shape index (κ1) is 8.96. The minimum Gasteiger partial charge on any atom is -0.474 e. The first-order valence-corrected chi connectivity index (χ1v) is 4.50. The number of nitrogens with zero attached hydrogens (tertiary/aromatic N) is 1. The molecule has 4 nitrogen and oxygen atoms in total. The molecule has 0 aliphatic carbocycles. The van der Waals surface area contributed by atoms with Gasteiger partial charge in [-0.3, -0.25) is 5.32 Å². The number of anilines is 1. The summed E-state index contributed by atoms with van der Waals surface area (Å²) in [7, 11) is 1.51. The van der Waals surface area contributed by atoms with Crippen molar-refractivity contribution < 1.29 is 4.74 Å². The van der Waals surface area contributed by atoms with Crippen LogP contribution in [0.4, 0.5) is 5.95 Å². The van der Waals surface area contributed by atoms with Gasteiger partial charge in [-0.2, -0.15) is 0 Å². The zero-order chi connectivity index (χ0) is 9.97. The maximum atomic E-state index is 4.85. The third-order valence-electron chi connectivity index (χ3n) is 1.80. The fourth-order valence-electron chi connectivity index (χ4n) is 1.16. The molecule has 0 amide bonds. The largest absolute Gasteiger partial charge is 0.474 e. The monoisotopic (exact) mass is 207 g/mol. The van der Waals surface area contributed by atoms with Crippen molar-refractivity contribution in [2.45, 2.75) is 0 Å². The van der Waals surface area contributed by atoms with Gasteiger partial charge < -0.3 is 9.72 Å². The average Bonchev–Trinajstić information content (AvgIpc) is 2.59. The molecule has 0 fully saturated rings. The van der Waals surface area contributed by atoms with E-state index in [1.807, 2.05) is 24.3 Å². The van der Waals surface area contributed by atoms with Crippen LogP contribution in [0.2, 0.25) is 0 Å². The molecule has 2 N–H and O–H groups in total. The molecule has 0 saturated carbocycles. The van der Waals surface area contributed by atoms with Crippen LogP contribution in [0, 0.1) is 0 Å². The lowest BCUT2D eigenvalue weighted by Crippen LogP contribution is -2.11. The van der Waals surface area contributed by atoms with Crippen LogP contribution in [-0.4, -0.2) is 22.3 Å². The van der Waals surface area contributed by atoms with Crippen molar-refractivity contribution in [2.24, 2.45) is 0 Å². The van der Waals surface area contributed by atoms with Crippen molar-refractivity contribution in [3.63, 3.8) is 0 Å². The number of hydrogen-bond acceptors (Lipinski definition) is 3. The van der Waals surface area contributed by atoms with Crippen LogP contribution < -0.4 is 5.32 Å². The van der Waals surface area contributed by atoms with E-state index in [9.17, 15) is 0 Å². The van der Waals surface area contributed by atoms with Gasteiger partial charge in [0.1, 0.15) is 0 Å². The Morgan fingerprint density at radius 3 is 3.00 bits per heavy atom. The molecule has 0 aliphatic rings. The Bertz CT molecular complexity index is 433. The van der Waals surface area contributed by atoms with E-state index >= 15 is 0 Å². The smallest absolute Gasteiger partial charge is 0.263 e. The minimum absolute atomic E-state index is 0.295. The number of methoxy groups -OCH3 is 1. The van der Waals surface area contributed by atoms with Crippen LogP contribution in [-0.2, 0) is 4.74 Å². The van der Waals surface area contributed by atoms with E-state index in [-0.39, 0.29) is 0 Å². The van der Waals surface area contributed by atoms with E-state index in [1.54, 1.807) is 0 Å². The molecule has 2 rings (SSSR count). The SMILES string of the molecule is COC(=S)Nc1nc2ccccc2[nH]1. The second-order valence-corrected chi connectivity index (χ2v) is 3.09. The van der Waals surface area contributed by atoms with E-state index in [1.165, 1.54) is 7.11 Å². The number of imidazole rings is 1. The number of thiocarbonyl (C=S) groups is 1. The van der Waals surface area contributed by atoms with Gasteiger partial charge >= 0.3 is 0 Å². The van der Waals surface area contributed by atoms with Crippen LogP contribution in [0.5, 0.6) is 0 Å². The molecule has 1 aromatic heterocycles. The van der Waals surface area contributed by atoms with E-state index in [4.69, 9.17) is 17.0 Å². The van der Waals surface area contributed by atoms with Gasteiger partial charge in [0.05, 0.1) is 18.1 Å². The molecule has 0 bridgehead atoms. The van der Waals surface area contributed by atoms with Gasteiger partial charge in [0.25, 0.3) is 5.17 Å². The van der Waals surface area contributed by atoms with Crippen LogP contribution in [0.15, 0.2) is 24.3 Å². The van der Waals surface area contributed by atoms with Crippen molar-refractivity contribution in [2.75, 3.05) is 12.4 Å². The number of nitrogens with one attached hydrogen (secondary N) is 2. The molecule has 1 aromatic carbocycles. The zero-order valence-corrected chi connectivity index (χ0v) is 8.39. The van der Waals surface area contributed by atoms with E-state index in [2.05, 4.69) is 15.3 Å². The van der Waals surface area contributed by atoms with Gasteiger partial charge in [-0.25, -0.2) is 4.98 Å². The summed E-state index contributed by atoms with van der Waals surface area (Å²) in [5, 5.41) is 3.12. The number of aromatic nitrogens is 2. The molecule has 0 spiro atoms. The topological polar surface area (TPSA) is 49.9 Å². The highest BCUT2D eigenvalue weighted by atomic mass is 32.1. The van der Waals surface area contributed by atoms with Gasteiger partial charge in [0, 0.05) is 0 Å². The average molecular weight is 207 g/mol. The van der Waals surface area contributed by atoms with Crippen LogP contribution >= 0.6 is 12.2 Å². The summed E-state index contributed by atoms with van der Waals surface area (Å²) < 4.78 is 4.81. The van der Waals surface area contributed by atoms with Crippen molar-refractivity contribution in [3.8, 4) is 0 Å². The summed E-state index contributed by atoms with van der Waals surface area (Å²) in [5.74, 6) is 0.595. The third kappa shape index (κ3) is 1.67. The maximum Gasteiger partial charge on any atom is 0.263 e. The van der Waals surface area contributed by atoms with E-state index in [0.717, 1.165) is 11.0 Å². The number of fused-ring (bicyclic) bond motifs is 1. The summed E-state index contributed by atoms with van der Waals surface area (Å²) in [4.78, 5) is 7.34. The Labute approximate surface area is 86.3 Å². The Morgan fingerprint density at radius 1 is 1.50 bits per heavy atom. The molecule has 0 unspecified atom stereocenters. The lowest BCUT2D eigenvalue weighted by Gasteiger charge is -2.00. The minimum atomic E-state index is 0.295. The first-order chi connectivity index (χ1) is 6.79. The number of hydrogen-bond donors (Lipinski definition) is 2. The van der Waals surface area contributed by atoms with Gasteiger partial charge in [-0.1, -0.05) is 12.1 Å². The molecule has 0 atom stereocenters. The molecule has 0 saturated heterocycles. The number of rotatable bonds is 1. The van der Waals surface area contributed by atoms with Crippen LogP contribution in [0.3, 0.4) is 0 Å². The van der Waals surface area contributed by atoms with E-state index in [0.29, 0.717) is 11.1 Å². The van der Waals surface area contributed by atoms with Crippen molar-refractivity contribution >= 4 is 34.4 Å². The Hall–Kier alpha value is -1.62. The fourth-order valence-corrected chi connectivity index (χ4v) is 1.26. The lowest BCUT2D eigenvalue weighted by atomic mass is 10.3. The number of ether oxygens (including phenoxy) is 1. The first-order valence-electron chi connectivity index (χ1n) is 4.09. The third-order valence-corrected chi connectivity index (χ3v) is 2.06. The fraction of sp³-hybridized carbons (Fsp3) is 0.111. The normalized spacial score (nSPS) is 10.1. The number of benzene rings is 1. The Kier molecular flexibility index (Phi) is 2.32. The molecular weight excluding hydrogens is 198 g/mol. The van der Waals surface area contributed by atoms with Crippen molar-refractivity contribution in [3.05, 3.63) is 24.3 Å². The molecule has 0 radical (unpaired) electrons. The highest BCUT2D eigenvalue weighted by molar-refractivity contribution is 7.80. The van der Waals surface area contributed by atoms with Crippen LogP contribution in [0.25, 0.3) is 11.0 Å². The van der Waals surface area contributed by atoms with Gasteiger partial charge in [0.15, 0.2) is 0 Å². The summed E-state index contributed by atoms with van der Waals surface area (Å²) in [6.07, 6.45) is 0. The second kappa shape index (κ2) is 3.63.